The van der Waals surface area contributed by atoms with Crippen LogP contribution in [0, 0.1) is 17.7 Å². The van der Waals surface area contributed by atoms with Crippen LogP contribution in [0.2, 0.25) is 0 Å². The highest BCUT2D eigenvalue weighted by molar-refractivity contribution is 5.87. The number of aromatic nitrogens is 3. The molecule has 2 aliphatic rings. The molecule has 0 radical (unpaired) electrons. The number of amides is 1. The van der Waals surface area contributed by atoms with E-state index in [9.17, 15) is 9.18 Å². The molecule has 150 valence electrons. The number of nitrogens with one attached hydrogen (secondary N) is 1. The average molecular weight is 395 g/mol. The summed E-state index contributed by atoms with van der Waals surface area (Å²) in [6.45, 7) is 2.21. The van der Waals surface area contributed by atoms with Gasteiger partial charge in [0.05, 0.1) is 11.4 Å². The van der Waals surface area contributed by atoms with Crippen LogP contribution in [0.4, 0.5) is 10.2 Å². The zero-order valence-corrected chi connectivity index (χ0v) is 16.1. The van der Waals surface area contributed by atoms with Crippen molar-refractivity contribution < 1.29 is 13.9 Å². The van der Waals surface area contributed by atoms with E-state index in [-0.39, 0.29) is 36.2 Å². The molecule has 0 bridgehead atoms. The number of benzene rings is 1. The SMILES string of the molecule is COCC(=O)N1C[C@H]2CN(c3ncnc4[nH]ccc34)C[C@H]2[C@@H]1c1cccc(F)c1. The van der Waals surface area contributed by atoms with Crippen LogP contribution in [0.25, 0.3) is 11.0 Å². The van der Waals surface area contributed by atoms with E-state index < -0.39 is 0 Å². The molecular formula is C21H22FN5O2. The quantitative estimate of drug-likeness (QED) is 0.734. The third kappa shape index (κ3) is 3.04. The van der Waals surface area contributed by atoms with Gasteiger partial charge >= 0.3 is 0 Å². The van der Waals surface area contributed by atoms with Crippen LogP contribution in [0.1, 0.15) is 11.6 Å². The molecule has 3 aromatic rings. The van der Waals surface area contributed by atoms with Crippen molar-refractivity contribution in [1.29, 1.82) is 0 Å². The second-order valence-corrected chi connectivity index (χ2v) is 7.75. The minimum atomic E-state index is -0.287. The number of hydrogen-bond acceptors (Lipinski definition) is 5. The fourth-order valence-corrected chi connectivity index (χ4v) is 4.91. The summed E-state index contributed by atoms with van der Waals surface area (Å²) in [4.78, 5) is 28.7. The van der Waals surface area contributed by atoms with Crippen LogP contribution in [0.5, 0.6) is 0 Å². The summed E-state index contributed by atoms with van der Waals surface area (Å²) in [5, 5.41) is 0.988. The molecule has 4 heterocycles. The van der Waals surface area contributed by atoms with Crippen molar-refractivity contribution in [3.63, 3.8) is 0 Å². The Kier molecular flexibility index (Phi) is 4.43. The van der Waals surface area contributed by atoms with Gasteiger partial charge in [-0.3, -0.25) is 4.79 Å². The Balaban J connectivity index is 1.48. The summed E-state index contributed by atoms with van der Waals surface area (Å²) in [5.74, 6) is 1.04. The third-order valence-corrected chi connectivity index (χ3v) is 6.07. The maximum Gasteiger partial charge on any atom is 0.249 e. The molecule has 1 amide bonds. The molecule has 8 heteroatoms. The summed E-state index contributed by atoms with van der Waals surface area (Å²) in [6, 6.07) is 8.39. The number of halogens is 1. The predicted octanol–water partition coefficient (Wildman–Crippen LogP) is 2.38. The summed E-state index contributed by atoms with van der Waals surface area (Å²) in [7, 11) is 1.52. The van der Waals surface area contributed by atoms with E-state index >= 15 is 0 Å². The van der Waals surface area contributed by atoms with E-state index in [1.54, 1.807) is 12.4 Å². The Bertz CT molecular complexity index is 1050. The van der Waals surface area contributed by atoms with Gasteiger partial charge in [-0.05, 0) is 23.8 Å². The van der Waals surface area contributed by atoms with Gasteiger partial charge in [0, 0.05) is 44.8 Å². The lowest BCUT2D eigenvalue weighted by molar-refractivity contribution is -0.136. The van der Waals surface area contributed by atoms with Crippen LogP contribution in [0.3, 0.4) is 0 Å². The molecule has 0 spiro atoms. The molecule has 29 heavy (non-hydrogen) atoms. The van der Waals surface area contributed by atoms with Gasteiger partial charge in [0.25, 0.3) is 0 Å². The summed E-state index contributed by atoms with van der Waals surface area (Å²) >= 11 is 0. The number of likely N-dealkylation sites (tertiary alicyclic amines) is 1. The average Bonchev–Trinajstić information content (AvgIpc) is 3.41. The van der Waals surface area contributed by atoms with Crippen molar-refractivity contribution in [2.45, 2.75) is 6.04 Å². The molecule has 5 rings (SSSR count). The standard InChI is InChI=1S/C21H22FN5O2/c1-29-11-18(28)27-9-14-8-26(21-16-5-6-23-20(16)24-12-25-21)10-17(14)19(27)13-3-2-4-15(22)7-13/h2-7,12,14,17,19H,8-11H2,1H3,(H,23,24,25)/t14-,17-,19+/m1/s1. The van der Waals surface area contributed by atoms with E-state index in [0.717, 1.165) is 35.5 Å². The predicted molar refractivity (Wildman–Crippen MR) is 106 cm³/mol. The molecule has 7 nitrogen and oxygen atoms in total. The van der Waals surface area contributed by atoms with Crippen molar-refractivity contribution in [1.82, 2.24) is 19.9 Å². The Hall–Kier alpha value is -3.00. The largest absolute Gasteiger partial charge is 0.375 e. The fourth-order valence-electron chi connectivity index (χ4n) is 4.91. The molecule has 2 aromatic heterocycles. The van der Waals surface area contributed by atoms with Gasteiger partial charge in [-0.15, -0.1) is 0 Å². The normalized spacial score (nSPS) is 23.7. The highest BCUT2D eigenvalue weighted by atomic mass is 19.1. The number of carbonyl (C=O) groups is 1. The first kappa shape index (κ1) is 18.1. The van der Waals surface area contributed by atoms with Crippen LogP contribution in [-0.4, -0.2) is 59.1 Å². The fraction of sp³-hybridized carbons (Fsp3) is 0.381. The first-order valence-corrected chi connectivity index (χ1v) is 9.72. The van der Waals surface area contributed by atoms with Gasteiger partial charge in [0.15, 0.2) is 0 Å². The van der Waals surface area contributed by atoms with E-state index in [2.05, 4.69) is 19.9 Å². The second kappa shape index (κ2) is 7.11. The third-order valence-electron chi connectivity index (χ3n) is 6.07. The van der Waals surface area contributed by atoms with Crippen molar-refractivity contribution in [2.24, 2.45) is 11.8 Å². The minimum absolute atomic E-state index is 0.0326. The highest BCUT2D eigenvalue weighted by Crippen LogP contribution is 2.46. The lowest BCUT2D eigenvalue weighted by Gasteiger charge is -2.30. The van der Waals surface area contributed by atoms with Gasteiger partial charge in [0.2, 0.25) is 5.91 Å². The number of fused-ring (bicyclic) bond motifs is 2. The summed E-state index contributed by atoms with van der Waals surface area (Å²) in [5.41, 5.74) is 1.64. The Morgan fingerprint density at radius 2 is 2.17 bits per heavy atom. The summed E-state index contributed by atoms with van der Waals surface area (Å²) in [6.07, 6.45) is 3.43. The lowest BCUT2D eigenvalue weighted by atomic mass is 9.89. The van der Waals surface area contributed by atoms with E-state index in [1.165, 1.54) is 19.2 Å². The molecular weight excluding hydrogens is 373 g/mol. The van der Waals surface area contributed by atoms with Gasteiger partial charge < -0.3 is 19.5 Å². The maximum absolute atomic E-state index is 14.0. The lowest BCUT2D eigenvalue weighted by Crippen LogP contribution is -2.37. The molecule has 2 saturated heterocycles. The van der Waals surface area contributed by atoms with Crippen molar-refractivity contribution >= 4 is 22.8 Å². The molecule has 0 aliphatic carbocycles. The van der Waals surface area contributed by atoms with Gasteiger partial charge in [-0.25, -0.2) is 14.4 Å². The molecule has 3 atom stereocenters. The van der Waals surface area contributed by atoms with Crippen LogP contribution in [0.15, 0.2) is 42.9 Å². The number of rotatable bonds is 4. The minimum Gasteiger partial charge on any atom is -0.375 e. The van der Waals surface area contributed by atoms with E-state index in [1.807, 2.05) is 23.2 Å². The monoisotopic (exact) mass is 395 g/mol. The number of nitrogens with zero attached hydrogens (tertiary/aromatic N) is 4. The Labute approximate surface area is 167 Å². The zero-order valence-electron chi connectivity index (χ0n) is 16.1. The zero-order chi connectivity index (χ0) is 20.0. The molecule has 0 saturated carbocycles. The number of hydrogen-bond donors (Lipinski definition) is 1. The number of H-pyrrole nitrogens is 1. The summed E-state index contributed by atoms with van der Waals surface area (Å²) < 4.78 is 19.0. The topological polar surface area (TPSA) is 74.3 Å². The van der Waals surface area contributed by atoms with Gasteiger partial charge in [0.1, 0.15) is 30.2 Å². The first-order chi connectivity index (χ1) is 14.2. The second-order valence-electron chi connectivity index (χ2n) is 7.75. The maximum atomic E-state index is 14.0. The number of ether oxygens (including phenoxy) is 1. The number of aromatic amines is 1. The first-order valence-electron chi connectivity index (χ1n) is 9.72. The molecule has 1 aromatic carbocycles. The van der Waals surface area contributed by atoms with E-state index in [0.29, 0.717) is 6.54 Å². The van der Waals surface area contributed by atoms with Gasteiger partial charge in [-0.2, -0.15) is 0 Å². The van der Waals surface area contributed by atoms with Crippen LogP contribution < -0.4 is 4.90 Å². The molecule has 2 aliphatic heterocycles. The van der Waals surface area contributed by atoms with Gasteiger partial charge in [-0.1, -0.05) is 12.1 Å². The van der Waals surface area contributed by atoms with Crippen molar-refractivity contribution in [3.05, 3.63) is 54.2 Å². The molecule has 1 N–H and O–H groups in total. The van der Waals surface area contributed by atoms with Crippen LogP contribution >= 0.6 is 0 Å². The number of carbonyl (C=O) groups excluding carboxylic acids is 1. The molecule has 0 unspecified atom stereocenters. The van der Waals surface area contributed by atoms with Crippen molar-refractivity contribution in [2.75, 3.05) is 38.3 Å². The smallest absolute Gasteiger partial charge is 0.249 e. The number of methoxy groups -OCH3 is 1. The highest BCUT2D eigenvalue weighted by Gasteiger charge is 2.49. The molecule has 2 fully saturated rings. The Morgan fingerprint density at radius 1 is 1.28 bits per heavy atom. The number of anilines is 1. The van der Waals surface area contributed by atoms with Crippen LogP contribution in [-0.2, 0) is 9.53 Å². The Morgan fingerprint density at radius 3 is 3.00 bits per heavy atom. The van der Waals surface area contributed by atoms with Crippen molar-refractivity contribution in [3.8, 4) is 0 Å². The van der Waals surface area contributed by atoms with E-state index in [4.69, 9.17) is 4.74 Å².